The van der Waals surface area contributed by atoms with Crippen LogP contribution in [0.5, 0.6) is 0 Å². The normalized spacial score (nSPS) is 24.7. The van der Waals surface area contributed by atoms with Crippen LogP contribution in [-0.2, 0) is 11.3 Å². The number of nitrogens with zero attached hydrogens (tertiary/aromatic N) is 1. The molecule has 0 radical (unpaired) electrons. The number of halogens is 1. The number of hydrogen-bond acceptors (Lipinski definition) is 3. The monoisotopic (exact) mass is 296 g/mol. The van der Waals surface area contributed by atoms with Crippen molar-refractivity contribution in [3.05, 3.63) is 35.9 Å². The molecule has 0 saturated carbocycles. The van der Waals surface area contributed by atoms with Gasteiger partial charge in [-0.05, 0) is 30.9 Å². The Morgan fingerprint density at radius 1 is 1.25 bits per heavy atom. The van der Waals surface area contributed by atoms with Crippen LogP contribution >= 0.6 is 12.4 Å². The van der Waals surface area contributed by atoms with Crippen LogP contribution < -0.4 is 5.32 Å². The molecule has 3 saturated heterocycles. The minimum absolute atomic E-state index is 0. The van der Waals surface area contributed by atoms with Gasteiger partial charge in [-0.3, -0.25) is 0 Å². The maximum absolute atomic E-state index is 12.1. The summed E-state index contributed by atoms with van der Waals surface area (Å²) in [7, 11) is 0. The van der Waals surface area contributed by atoms with Gasteiger partial charge in [0.25, 0.3) is 0 Å². The molecule has 3 aliphatic heterocycles. The molecule has 1 amide bonds. The number of carbonyl (C=O) groups is 1. The minimum atomic E-state index is -0.176. The van der Waals surface area contributed by atoms with E-state index in [2.05, 4.69) is 5.32 Å². The molecule has 5 heteroatoms. The van der Waals surface area contributed by atoms with Crippen LogP contribution in [0, 0.1) is 5.92 Å². The van der Waals surface area contributed by atoms with Crippen molar-refractivity contribution in [3.8, 4) is 0 Å². The number of benzene rings is 1. The van der Waals surface area contributed by atoms with E-state index in [1.54, 1.807) is 0 Å². The Bertz CT molecular complexity index is 419. The molecule has 1 aromatic carbocycles. The molecule has 0 unspecified atom stereocenters. The van der Waals surface area contributed by atoms with Crippen LogP contribution in [0.25, 0.3) is 0 Å². The Balaban J connectivity index is 0.00000147. The van der Waals surface area contributed by atoms with Crippen LogP contribution in [0.2, 0.25) is 0 Å². The molecule has 2 bridgehead atoms. The van der Waals surface area contributed by atoms with Gasteiger partial charge >= 0.3 is 6.09 Å². The van der Waals surface area contributed by atoms with Crippen LogP contribution in [0.4, 0.5) is 4.79 Å². The Kier molecular flexibility index (Phi) is 5.26. The lowest BCUT2D eigenvalue weighted by atomic mass is 9.97. The summed E-state index contributed by atoms with van der Waals surface area (Å²) in [6.45, 7) is 3.01. The van der Waals surface area contributed by atoms with Crippen LogP contribution in [0.1, 0.15) is 18.4 Å². The summed E-state index contributed by atoms with van der Waals surface area (Å²) >= 11 is 0. The highest BCUT2D eigenvalue weighted by Gasteiger charge is 2.31. The summed E-state index contributed by atoms with van der Waals surface area (Å²) in [5.41, 5.74) is 1.03. The zero-order valence-electron chi connectivity index (χ0n) is 11.5. The van der Waals surface area contributed by atoms with E-state index < -0.39 is 0 Å². The van der Waals surface area contributed by atoms with Crippen molar-refractivity contribution in [1.82, 2.24) is 10.2 Å². The average Bonchev–Trinajstić information content (AvgIpc) is 2.79. The molecular formula is C15H21ClN2O2. The smallest absolute Gasteiger partial charge is 0.410 e. The largest absolute Gasteiger partial charge is 0.445 e. The van der Waals surface area contributed by atoms with E-state index in [4.69, 9.17) is 4.74 Å². The number of piperidine rings is 1. The van der Waals surface area contributed by atoms with E-state index in [0.29, 0.717) is 18.6 Å². The fourth-order valence-corrected chi connectivity index (χ4v) is 2.90. The topological polar surface area (TPSA) is 41.6 Å². The first kappa shape index (κ1) is 15.1. The number of carbonyl (C=O) groups excluding carboxylic acids is 1. The number of nitrogens with one attached hydrogen (secondary N) is 1. The van der Waals surface area contributed by atoms with Gasteiger partial charge in [-0.2, -0.15) is 0 Å². The average molecular weight is 297 g/mol. The lowest BCUT2D eigenvalue weighted by Crippen LogP contribution is -2.40. The van der Waals surface area contributed by atoms with Gasteiger partial charge in [-0.25, -0.2) is 4.79 Å². The van der Waals surface area contributed by atoms with E-state index >= 15 is 0 Å². The van der Waals surface area contributed by atoms with Crippen LogP contribution in [-0.4, -0.2) is 36.7 Å². The van der Waals surface area contributed by atoms with E-state index in [1.807, 2.05) is 35.2 Å². The molecule has 110 valence electrons. The van der Waals surface area contributed by atoms with Crippen molar-refractivity contribution in [2.24, 2.45) is 5.92 Å². The predicted molar refractivity (Wildman–Crippen MR) is 80.0 cm³/mol. The summed E-state index contributed by atoms with van der Waals surface area (Å²) in [6, 6.07) is 10.3. The van der Waals surface area contributed by atoms with E-state index in [-0.39, 0.29) is 18.5 Å². The van der Waals surface area contributed by atoms with Crippen molar-refractivity contribution in [3.63, 3.8) is 0 Å². The van der Waals surface area contributed by atoms with Crippen molar-refractivity contribution in [1.29, 1.82) is 0 Å². The summed E-state index contributed by atoms with van der Waals surface area (Å²) in [6.07, 6.45) is 2.22. The summed E-state index contributed by atoms with van der Waals surface area (Å²) in [5.74, 6) is 0.586. The van der Waals surface area contributed by atoms with Gasteiger partial charge in [0.15, 0.2) is 0 Å². The van der Waals surface area contributed by atoms with Crippen molar-refractivity contribution in [2.75, 3.05) is 19.6 Å². The molecule has 0 spiro atoms. The zero-order valence-corrected chi connectivity index (χ0v) is 12.3. The minimum Gasteiger partial charge on any atom is -0.445 e. The molecule has 2 atom stereocenters. The van der Waals surface area contributed by atoms with E-state index in [0.717, 1.165) is 25.2 Å². The molecule has 0 aromatic heterocycles. The highest BCUT2D eigenvalue weighted by atomic mass is 35.5. The molecule has 3 heterocycles. The number of hydrogen-bond donors (Lipinski definition) is 1. The second-order valence-electron chi connectivity index (χ2n) is 5.49. The number of amides is 1. The zero-order chi connectivity index (χ0) is 13.1. The maximum atomic E-state index is 12.1. The third-order valence-electron chi connectivity index (χ3n) is 4.00. The predicted octanol–water partition coefficient (Wildman–Crippen LogP) is 2.43. The second kappa shape index (κ2) is 6.95. The first-order chi connectivity index (χ1) is 9.31. The third kappa shape index (κ3) is 3.64. The fourth-order valence-electron chi connectivity index (χ4n) is 2.90. The molecule has 4 nitrogen and oxygen atoms in total. The number of rotatable bonds is 2. The van der Waals surface area contributed by atoms with E-state index in [9.17, 15) is 4.79 Å². The lowest BCUT2D eigenvalue weighted by molar-refractivity contribution is 0.0947. The number of ether oxygens (including phenoxy) is 1. The number of fused-ring (bicyclic) bond motifs is 4. The van der Waals surface area contributed by atoms with Gasteiger partial charge in [0, 0.05) is 19.1 Å². The first-order valence-electron chi connectivity index (χ1n) is 7.00. The van der Waals surface area contributed by atoms with Gasteiger partial charge in [0.1, 0.15) is 6.61 Å². The highest BCUT2D eigenvalue weighted by Crippen LogP contribution is 2.22. The van der Waals surface area contributed by atoms with Gasteiger partial charge < -0.3 is 15.0 Å². The van der Waals surface area contributed by atoms with Crippen LogP contribution in [0.3, 0.4) is 0 Å². The fraction of sp³-hybridized carbons (Fsp3) is 0.533. The van der Waals surface area contributed by atoms with Crippen LogP contribution in [0.15, 0.2) is 30.3 Å². The standard InChI is InChI=1S/C15H20N2O2.ClH/c18-15(19-11-12-4-2-1-3-5-12)17-9-13-6-7-14(10-17)16-8-13;/h1-5,13-14,16H,6-11H2;1H/t13-,14-;/m0./s1. The second-order valence-corrected chi connectivity index (χ2v) is 5.49. The molecule has 3 aliphatic rings. The summed E-state index contributed by atoms with van der Waals surface area (Å²) in [4.78, 5) is 14.0. The van der Waals surface area contributed by atoms with E-state index in [1.165, 1.54) is 12.8 Å². The van der Waals surface area contributed by atoms with Crippen molar-refractivity contribution < 1.29 is 9.53 Å². The Morgan fingerprint density at radius 3 is 2.75 bits per heavy atom. The molecule has 1 N–H and O–H groups in total. The van der Waals surface area contributed by atoms with Gasteiger partial charge in [-0.15, -0.1) is 12.4 Å². The molecule has 0 aliphatic carbocycles. The van der Waals surface area contributed by atoms with Gasteiger partial charge in [0.05, 0.1) is 0 Å². The molecular weight excluding hydrogens is 276 g/mol. The maximum Gasteiger partial charge on any atom is 0.410 e. The quantitative estimate of drug-likeness (QED) is 0.911. The SMILES string of the molecule is Cl.O=C(OCc1ccccc1)N1C[C@H]2CC[C@@H](C1)NC2. The summed E-state index contributed by atoms with van der Waals surface area (Å²) < 4.78 is 5.41. The molecule has 3 fully saturated rings. The Hall–Kier alpha value is -1.26. The molecule has 20 heavy (non-hydrogen) atoms. The first-order valence-corrected chi connectivity index (χ1v) is 7.00. The molecule has 4 rings (SSSR count). The Morgan fingerprint density at radius 2 is 2.05 bits per heavy atom. The van der Waals surface area contributed by atoms with Gasteiger partial charge in [0.2, 0.25) is 0 Å². The van der Waals surface area contributed by atoms with Gasteiger partial charge in [-0.1, -0.05) is 30.3 Å². The van der Waals surface area contributed by atoms with Crippen molar-refractivity contribution >= 4 is 18.5 Å². The summed E-state index contributed by atoms with van der Waals surface area (Å²) in [5, 5.41) is 3.49. The van der Waals surface area contributed by atoms with Crippen molar-refractivity contribution in [2.45, 2.75) is 25.5 Å². The third-order valence-corrected chi connectivity index (χ3v) is 4.00. The lowest BCUT2D eigenvalue weighted by Gasteiger charge is -2.22. The highest BCUT2D eigenvalue weighted by molar-refractivity contribution is 5.85. The Labute approximate surface area is 125 Å². The molecule has 1 aromatic rings.